The average molecular weight is 394 g/mol. The Balaban J connectivity index is 1.74. The number of hydrogen-bond donors (Lipinski definition) is 0. The predicted molar refractivity (Wildman–Crippen MR) is 114 cm³/mol. The summed E-state index contributed by atoms with van der Waals surface area (Å²) < 4.78 is 13.2. The van der Waals surface area contributed by atoms with Crippen molar-refractivity contribution < 1.29 is 9.47 Å². The minimum absolute atomic E-state index is 0.573. The Kier molecular flexibility index (Phi) is 5.30. The molecule has 0 unspecified atom stereocenters. The second kappa shape index (κ2) is 8.02. The topological polar surface area (TPSA) is 48.1 Å². The van der Waals surface area contributed by atoms with Gasteiger partial charge in [-0.15, -0.1) is 11.3 Å². The van der Waals surface area contributed by atoms with E-state index in [1.165, 1.54) is 11.1 Å². The maximum atomic E-state index is 5.67. The van der Waals surface area contributed by atoms with Crippen LogP contribution in [-0.2, 0) is 0 Å². The van der Waals surface area contributed by atoms with E-state index in [2.05, 4.69) is 42.4 Å². The molecule has 0 atom stereocenters. The number of thiazole rings is 1. The summed E-state index contributed by atoms with van der Waals surface area (Å²) in [5.74, 6) is 1.54. The molecular weight excluding hydrogens is 370 g/mol. The molecule has 4 rings (SSSR count). The van der Waals surface area contributed by atoms with Gasteiger partial charge in [-0.25, -0.2) is 4.68 Å². The van der Waals surface area contributed by atoms with Crippen LogP contribution < -0.4 is 14.3 Å². The minimum atomic E-state index is 0.573. The molecule has 0 saturated heterocycles. The molecule has 2 aromatic carbocycles. The van der Waals surface area contributed by atoms with Gasteiger partial charge in [0, 0.05) is 17.5 Å². The van der Waals surface area contributed by atoms with Crippen LogP contribution in [-0.4, -0.2) is 30.6 Å². The van der Waals surface area contributed by atoms with Crippen molar-refractivity contribution in [3.8, 4) is 22.8 Å². The van der Waals surface area contributed by atoms with Crippen LogP contribution in [0.15, 0.2) is 51.9 Å². The maximum Gasteiger partial charge on any atom is 0.206 e. The first-order valence-corrected chi connectivity index (χ1v) is 10.3. The predicted octanol–water partition coefficient (Wildman–Crippen LogP) is 4.41. The first kappa shape index (κ1) is 18.5. The largest absolute Gasteiger partial charge is 0.486 e. The number of nitrogens with zero attached hydrogens (tertiary/aromatic N) is 3. The van der Waals surface area contributed by atoms with Crippen LogP contribution in [0.3, 0.4) is 0 Å². The Morgan fingerprint density at radius 2 is 1.86 bits per heavy atom. The highest BCUT2D eigenvalue weighted by Gasteiger charge is 2.12. The van der Waals surface area contributed by atoms with Gasteiger partial charge in [0.25, 0.3) is 0 Å². The van der Waals surface area contributed by atoms with Crippen molar-refractivity contribution >= 4 is 17.6 Å². The lowest BCUT2D eigenvalue weighted by Crippen LogP contribution is -2.15. The van der Waals surface area contributed by atoms with Crippen molar-refractivity contribution in [1.82, 2.24) is 4.68 Å². The molecule has 144 valence electrons. The van der Waals surface area contributed by atoms with Gasteiger partial charge >= 0.3 is 0 Å². The molecule has 6 heteroatoms. The highest BCUT2D eigenvalue weighted by Crippen LogP contribution is 2.30. The number of ether oxygens (including phenoxy) is 2. The number of fused-ring (bicyclic) bond motifs is 1. The quantitative estimate of drug-likeness (QED) is 0.617. The molecule has 0 spiro atoms. The van der Waals surface area contributed by atoms with Crippen LogP contribution in [0.2, 0.25) is 0 Å². The first-order chi connectivity index (χ1) is 13.7. The van der Waals surface area contributed by atoms with Crippen LogP contribution in [0.4, 0.5) is 0 Å². The summed E-state index contributed by atoms with van der Waals surface area (Å²) in [5.41, 5.74) is 5.67. The molecule has 28 heavy (non-hydrogen) atoms. The third-order valence-corrected chi connectivity index (χ3v) is 5.52. The van der Waals surface area contributed by atoms with E-state index < -0.39 is 0 Å². The molecule has 0 aliphatic carbocycles. The van der Waals surface area contributed by atoms with Crippen LogP contribution >= 0.6 is 11.3 Å². The van der Waals surface area contributed by atoms with Gasteiger partial charge in [-0.2, -0.15) is 5.10 Å². The Labute approximate surface area is 168 Å². The zero-order chi connectivity index (χ0) is 19.5. The highest BCUT2D eigenvalue weighted by molar-refractivity contribution is 7.07. The molecule has 0 saturated carbocycles. The summed E-state index contributed by atoms with van der Waals surface area (Å²) in [5, 5.41) is 6.86. The molecule has 0 radical (unpaired) electrons. The molecule has 0 amide bonds. The summed E-state index contributed by atoms with van der Waals surface area (Å²) in [6.07, 6.45) is 1.84. The smallest absolute Gasteiger partial charge is 0.206 e. The van der Waals surface area contributed by atoms with Gasteiger partial charge in [0.2, 0.25) is 4.80 Å². The zero-order valence-corrected chi connectivity index (χ0v) is 17.1. The fourth-order valence-electron chi connectivity index (χ4n) is 3.02. The fraction of sp³-hybridized carbons (Fsp3) is 0.273. The zero-order valence-electron chi connectivity index (χ0n) is 16.3. The summed E-state index contributed by atoms with van der Waals surface area (Å²) in [6, 6.07) is 12.3. The van der Waals surface area contributed by atoms with E-state index in [-0.39, 0.29) is 0 Å². The molecule has 3 aromatic rings. The maximum absolute atomic E-state index is 5.67. The Morgan fingerprint density at radius 3 is 2.64 bits per heavy atom. The van der Waals surface area contributed by atoms with Crippen molar-refractivity contribution in [2.75, 3.05) is 19.8 Å². The third-order valence-electron chi connectivity index (χ3n) is 4.67. The van der Waals surface area contributed by atoms with Crippen LogP contribution in [0.5, 0.6) is 11.5 Å². The lowest BCUT2D eigenvalue weighted by atomic mass is 10.1. The molecule has 1 aromatic heterocycles. The van der Waals surface area contributed by atoms with Gasteiger partial charge in [0.1, 0.15) is 13.2 Å². The van der Waals surface area contributed by atoms with E-state index in [1.807, 2.05) is 36.0 Å². The molecule has 0 N–H and O–H groups in total. The van der Waals surface area contributed by atoms with Crippen LogP contribution in [0.1, 0.15) is 23.6 Å². The van der Waals surface area contributed by atoms with Crippen molar-refractivity contribution in [2.45, 2.75) is 20.8 Å². The molecule has 1 aliphatic rings. The van der Waals surface area contributed by atoms with Gasteiger partial charge in [0.15, 0.2) is 11.5 Å². The fourth-order valence-corrected chi connectivity index (χ4v) is 3.92. The number of rotatable bonds is 4. The molecule has 0 fully saturated rings. The number of aromatic nitrogens is 1. The van der Waals surface area contributed by atoms with E-state index in [4.69, 9.17) is 14.6 Å². The second-order valence-electron chi connectivity index (χ2n) is 6.64. The second-order valence-corrected chi connectivity index (χ2v) is 7.47. The molecule has 5 nitrogen and oxygen atoms in total. The first-order valence-electron chi connectivity index (χ1n) is 9.38. The van der Waals surface area contributed by atoms with Gasteiger partial charge in [-0.3, -0.25) is 4.99 Å². The van der Waals surface area contributed by atoms with Gasteiger partial charge in [-0.1, -0.05) is 12.1 Å². The Hall–Kier alpha value is -2.86. The third kappa shape index (κ3) is 3.73. The lowest BCUT2D eigenvalue weighted by Gasteiger charge is -2.18. The van der Waals surface area contributed by atoms with Crippen LogP contribution in [0, 0.1) is 13.8 Å². The summed E-state index contributed by atoms with van der Waals surface area (Å²) >= 11 is 1.60. The van der Waals surface area contributed by atoms with Crippen molar-refractivity contribution in [1.29, 1.82) is 0 Å². The number of aryl methyl sites for hydroxylation is 2. The number of hydrogen-bond acceptors (Lipinski definition) is 5. The SMILES string of the molecule is CCN=c1scc(-c2ccc(C)c(C)c2)n1N=Cc1ccc2c(c1)OCCO2. The van der Waals surface area contributed by atoms with Gasteiger partial charge in [-0.05, 0) is 61.7 Å². The monoisotopic (exact) mass is 393 g/mol. The van der Waals surface area contributed by atoms with Gasteiger partial charge in [0.05, 0.1) is 11.9 Å². The van der Waals surface area contributed by atoms with E-state index in [0.717, 1.165) is 33.1 Å². The minimum Gasteiger partial charge on any atom is -0.486 e. The molecule has 1 aliphatic heterocycles. The summed E-state index contributed by atoms with van der Waals surface area (Å²) in [7, 11) is 0. The number of benzene rings is 2. The standard InChI is InChI=1S/C22H23N3O2S/c1-4-23-22-25(19(14-28-22)18-7-5-15(2)16(3)11-18)24-13-17-6-8-20-21(12-17)27-10-9-26-20/h5-8,11-14H,4,9-10H2,1-3H3. The summed E-state index contributed by atoms with van der Waals surface area (Å²) in [6.45, 7) is 8.16. The summed E-state index contributed by atoms with van der Waals surface area (Å²) in [4.78, 5) is 5.48. The van der Waals surface area contributed by atoms with Crippen molar-refractivity contribution in [2.24, 2.45) is 10.1 Å². The Bertz CT molecular complexity index is 1100. The van der Waals surface area contributed by atoms with E-state index in [1.54, 1.807) is 11.3 Å². The van der Waals surface area contributed by atoms with Crippen molar-refractivity contribution in [3.05, 3.63) is 63.3 Å². The average Bonchev–Trinajstić information content (AvgIpc) is 3.11. The van der Waals surface area contributed by atoms with Crippen LogP contribution in [0.25, 0.3) is 11.3 Å². The van der Waals surface area contributed by atoms with Gasteiger partial charge < -0.3 is 9.47 Å². The molecular formula is C22H23N3O2S. The lowest BCUT2D eigenvalue weighted by molar-refractivity contribution is 0.171. The van der Waals surface area contributed by atoms with E-state index in [9.17, 15) is 0 Å². The highest BCUT2D eigenvalue weighted by atomic mass is 32.1. The normalized spacial score (nSPS) is 14.0. The van der Waals surface area contributed by atoms with Crippen molar-refractivity contribution in [3.63, 3.8) is 0 Å². The molecule has 2 heterocycles. The van der Waals surface area contributed by atoms with E-state index in [0.29, 0.717) is 19.8 Å². The van der Waals surface area contributed by atoms with E-state index >= 15 is 0 Å². The molecule has 0 bridgehead atoms. The Morgan fingerprint density at radius 1 is 1.04 bits per heavy atom.